The van der Waals surface area contributed by atoms with Crippen molar-refractivity contribution in [2.75, 3.05) is 0 Å². The van der Waals surface area contributed by atoms with Gasteiger partial charge in [-0.15, -0.1) is 0 Å². The first-order chi connectivity index (χ1) is 12.4. The number of imidazole rings is 1. The third-order valence-electron chi connectivity index (χ3n) is 4.78. The van der Waals surface area contributed by atoms with Crippen molar-refractivity contribution >= 4 is 11.6 Å². The van der Waals surface area contributed by atoms with Crippen LogP contribution in [-0.2, 0) is 11.0 Å². The number of benzene rings is 1. The summed E-state index contributed by atoms with van der Waals surface area (Å²) in [6, 6.07) is 12.6. The Hall–Kier alpha value is -2.87. The Kier molecular flexibility index (Phi) is 3.73. The Balaban J connectivity index is 1.72. The van der Waals surface area contributed by atoms with E-state index in [1.54, 1.807) is 17.6 Å². The Labute approximate surface area is 146 Å². The van der Waals surface area contributed by atoms with E-state index in [1.807, 2.05) is 30.3 Å². The van der Waals surface area contributed by atoms with Gasteiger partial charge in [-0.05, 0) is 23.3 Å². The van der Waals surface area contributed by atoms with Gasteiger partial charge in [0, 0.05) is 24.2 Å². The van der Waals surface area contributed by atoms with Crippen molar-refractivity contribution in [3.05, 3.63) is 71.7 Å². The summed E-state index contributed by atoms with van der Waals surface area (Å²) in [5, 5.41) is 9.00. The van der Waals surface area contributed by atoms with Gasteiger partial charge in [0.2, 0.25) is 5.91 Å². The number of aromatic nitrogens is 2. The molecule has 3 atom stereocenters. The number of fused-ring (bicyclic) bond motifs is 1. The third kappa shape index (κ3) is 2.72. The van der Waals surface area contributed by atoms with Crippen LogP contribution in [0.25, 0.3) is 5.65 Å². The summed E-state index contributed by atoms with van der Waals surface area (Å²) in [4.78, 5) is 15.6. The number of hydroxylamine groups is 1. The van der Waals surface area contributed by atoms with E-state index in [0.29, 0.717) is 5.56 Å². The zero-order valence-corrected chi connectivity index (χ0v) is 13.3. The molecule has 3 aromatic rings. The largest absolute Gasteiger partial charge is 0.434 e. The van der Waals surface area contributed by atoms with Crippen LogP contribution in [0.1, 0.15) is 28.7 Å². The maximum atomic E-state index is 12.8. The van der Waals surface area contributed by atoms with Crippen molar-refractivity contribution in [3.63, 3.8) is 0 Å². The average molecular weight is 361 g/mol. The van der Waals surface area contributed by atoms with E-state index in [1.165, 1.54) is 10.6 Å². The zero-order valence-electron chi connectivity index (χ0n) is 13.3. The molecule has 1 saturated carbocycles. The molecule has 2 aromatic heterocycles. The summed E-state index contributed by atoms with van der Waals surface area (Å²) in [6.45, 7) is 0. The smallest absolute Gasteiger partial charge is 0.306 e. The highest BCUT2D eigenvalue weighted by Crippen LogP contribution is 2.60. The highest BCUT2D eigenvalue weighted by atomic mass is 19.4. The maximum absolute atomic E-state index is 12.8. The Morgan fingerprint density at radius 1 is 1.12 bits per heavy atom. The van der Waals surface area contributed by atoms with E-state index >= 15 is 0 Å². The highest BCUT2D eigenvalue weighted by Gasteiger charge is 2.56. The van der Waals surface area contributed by atoms with E-state index in [4.69, 9.17) is 5.21 Å². The number of alkyl halides is 3. The molecule has 1 aliphatic rings. The number of nitrogens with one attached hydrogen (secondary N) is 1. The summed E-state index contributed by atoms with van der Waals surface area (Å²) < 4.78 is 39.8. The van der Waals surface area contributed by atoms with Gasteiger partial charge in [0.25, 0.3) is 0 Å². The minimum atomic E-state index is -4.52. The van der Waals surface area contributed by atoms with Crippen LogP contribution in [0.5, 0.6) is 0 Å². The number of carbonyl (C=O) groups excluding carboxylic acids is 1. The van der Waals surface area contributed by atoms with E-state index in [2.05, 4.69) is 4.98 Å². The summed E-state index contributed by atoms with van der Waals surface area (Å²) in [6.07, 6.45) is -2.09. The SMILES string of the molecule is O=C(NO)[C@@H]1[C@H](c2ccccc2)[C@H]1c1ccn2cc(C(F)(F)F)nc2c1. The molecule has 26 heavy (non-hydrogen) atoms. The van der Waals surface area contributed by atoms with Crippen LogP contribution in [0.15, 0.2) is 54.9 Å². The van der Waals surface area contributed by atoms with Gasteiger partial charge in [0.05, 0.1) is 5.92 Å². The highest BCUT2D eigenvalue weighted by molar-refractivity contribution is 5.84. The molecule has 0 radical (unpaired) electrons. The molecular weight excluding hydrogens is 347 g/mol. The number of hydrogen-bond acceptors (Lipinski definition) is 3. The fourth-order valence-corrected chi connectivity index (χ4v) is 3.56. The fraction of sp³-hybridized carbons (Fsp3) is 0.222. The standard InChI is InChI=1S/C18H14F3N3O2/c19-18(20,21)12-9-24-7-6-11(8-13(24)22-12)15-14(16(15)17(25)23-26)10-4-2-1-3-5-10/h1-9,14-16,26H,(H,23,25)/t14-,15-,16-/m1/s1. The number of rotatable bonds is 3. The van der Waals surface area contributed by atoms with Gasteiger partial charge in [-0.3, -0.25) is 10.0 Å². The monoisotopic (exact) mass is 361 g/mol. The summed E-state index contributed by atoms with van der Waals surface area (Å²) in [5.74, 6) is -1.38. The van der Waals surface area contributed by atoms with Crippen molar-refractivity contribution in [2.45, 2.75) is 18.0 Å². The molecule has 0 aliphatic heterocycles. The molecule has 2 heterocycles. The average Bonchev–Trinajstić information content (AvgIpc) is 3.22. The lowest BCUT2D eigenvalue weighted by atomic mass is 10.1. The second-order valence-electron chi connectivity index (χ2n) is 6.31. The van der Waals surface area contributed by atoms with Gasteiger partial charge >= 0.3 is 6.18 Å². The molecule has 134 valence electrons. The number of pyridine rings is 1. The molecule has 1 aliphatic carbocycles. The van der Waals surface area contributed by atoms with Crippen LogP contribution in [0.4, 0.5) is 13.2 Å². The molecule has 1 amide bonds. The molecule has 4 rings (SSSR count). The van der Waals surface area contributed by atoms with Gasteiger partial charge in [0.1, 0.15) is 5.65 Å². The van der Waals surface area contributed by atoms with Crippen molar-refractivity contribution < 1.29 is 23.2 Å². The minimum Gasteiger partial charge on any atom is -0.306 e. The van der Waals surface area contributed by atoms with Gasteiger partial charge in [-0.25, -0.2) is 10.5 Å². The first-order valence-corrected chi connectivity index (χ1v) is 7.95. The molecule has 8 heteroatoms. The van der Waals surface area contributed by atoms with E-state index in [-0.39, 0.29) is 17.5 Å². The minimum absolute atomic E-state index is 0.150. The van der Waals surface area contributed by atoms with Crippen LogP contribution in [-0.4, -0.2) is 20.5 Å². The van der Waals surface area contributed by atoms with E-state index in [9.17, 15) is 18.0 Å². The number of amides is 1. The lowest BCUT2D eigenvalue weighted by molar-refractivity contribution is -0.140. The first kappa shape index (κ1) is 16.6. The van der Waals surface area contributed by atoms with Crippen LogP contribution < -0.4 is 5.48 Å². The van der Waals surface area contributed by atoms with Crippen molar-refractivity contribution in [1.29, 1.82) is 0 Å². The number of hydrogen-bond donors (Lipinski definition) is 2. The molecule has 0 bridgehead atoms. The maximum Gasteiger partial charge on any atom is 0.434 e. The topological polar surface area (TPSA) is 66.6 Å². The molecular formula is C18H14F3N3O2. The van der Waals surface area contributed by atoms with Crippen LogP contribution in [0.3, 0.4) is 0 Å². The van der Waals surface area contributed by atoms with Gasteiger partial charge in [0.15, 0.2) is 5.69 Å². The number of nitrogens with zero attached hydrogens (tertiary/aromatic N) is 2. The normalized spacial score (nSPS) is 22.4. The molecule has 1 aromatic carbocycles. The molecule has 0 unspecified atom stereocenters. The van der Waals surface area contributed by atoms with Gasteiger partial charge < -0.3 is 4.40 Å². The second-order valence-corrected chi connectivity index (χ2v) is 6.31. The Bertz CT molecular complexity index is 969. The van der Waals surface area contributed by atoms with Crippen LogP contribution >= 0.6 is 0 Å². The molecule has 2 N–H and O–H groups in total. The van der Waals surface area contributed by atoms with Gasteiger partial charge in [-0.1, -0.05) is 30.3 Å². The van der Waals surface area contributed by atoms with E-state index < -0.39 is 23.7 Å². The summed E-state index contributed by atoms with van der Waals surface area (Å²) in [7, 11) is 0. The lowest BCUT2D eigenvalue weighted by Crippen LogP contribution is -2.21. The van der Waals surface area contributed by atoms with Crippen LogP contribution in [0, 0.1) is 5.92 Å². The lowest BCUT2D eigenvalue weighted by Gasteiger charge is -2.02. The molecule has 1 fully saturated rings. The van der Waals surface area contributed by atoms with Crippen LogP contribution in [0.2, 0.25) is 0 Å². The predicted molar refractivity (Wildman–Crippen MR) is 85.5 cm³/mol. The van der Waals surface area contributed by atoms with E-state index in [0.717, 1.165) is 11.8 Å². The molecule has 5 nitrogen and oxygen atoms in total. The second kappa shape index (κ2) is 5.84. The number of carbonyl (C=O) groups is 1. The zero-order chi connectivity index (χ0) is 18.5. The molecule has 0 saturated heterocycles. The van der Waals surface area contributed by atoms with Gasteiger partial charge in [-0.2, -0.15) is 13.2 Å². The fourth-order valence-electron chi connectivity index (χ4n) is 3.56. The number of halogens is 3. The van der Waals surface area contributed by atoms with Crippen molar-refractivity contribution in [3.8, 4) is 0 Å². The predicted octanol–water partition coefficient (Wildman–Crippen LogP) is 3.36. The van der Waals surface area contributed by atoms with Crippen molar-refractivity contribution in [1.82, 2.24) is 14.9 Å². The molecule has 0 spiro atoms. The Morgan fingerprint density at radius 3 is 2.46 bits per heavy atom. The summed E-state index contributed by atoms with van der Waals surface area (Å²) in [5.41, 5.74) is 2.52. The third-order valence-corrected chi connectivity index (χ3v) is 4.78. The van der Waals surface area contributed by atoms with Crippen molar-refractivity contribution in [2.24, 2.45) is 5.92 Å². The first-order valence-electron chi connectivity index (χ1n) is 7.95. The Morgan fingerprint density at radius 2 is 1.81 bits per heavy atom. The quantitative estimate of drug-likeness (QED) is 0.555. The summed E-state index contributed by atoms with van der Waals surface area (Å²) >= 11 is 0.